The van der Waals surface area contributed by atoms with E-state index in [0.29, 0.717) is 5.75 Å². The first-order valence-corrected chi connectivity index (χ1v) is 4.67. The zero-order valence-electron chi connectivity index (χ0n) is 4.84. The van der Waals surface area contributed by atoms with Gasteiger partial charge in [0.15, 0.2) is 5.75 Å². The van der Waals surface area contributed by atoms with Crippen molar-refractivity contribution in [2.75, 3.05) is 0 Å². The standard InChI is InChI=1S/C6H4I2O2/c7-4-2-1-3-5(10-9)6(4)8/h1-3,9H. The van der Waals surface area contributed by atoms with E-state index in [-0.39, 0.29) is 0 Å². The van der Waals surface area contributed by atoms with Crippen molar-refractivity contribution in [3.63, 3.8) is 0 Å². The minimum atomic E-state index is 0.507. The van der Waals surface area contributed by atoms with Gasteiger partial charge in [0.2, 0.25) is 0 Å². The molecule has 0 radical (unpaired) electrons. The van der Waals surface area contributed by atoms with Gasteiger partial charge in [-0.2, -0.15) is 0 Å². The summed E-state index contributed by atoms with van der Waals surface area (Å²) in [5.74, 6) is 0.507. The van der Waals surface area contributed by atoms with Crippen molar-refractivity contribution < 1.29 is 10.1 Å². The fraction of sp³-hybridized carbons (Fsp3) is 0. The monoisotopic (exact) mass is 362 g/mol. The molecule has 1 aromatic carbocycles. The van der Waals surface area contributed by atoms with Gasteiger partial charge in [0.1, 0.15) is 0 Å². The van der Waals surface area contributed by atoms with Gasteiger partial charge in [-0.15, -0.1) is 0 Å². The maximum atomic E-state index is 8.33. The van der Waals surface area contributed by atoms with E-state index in [4.69, 9.17) is 5.26 Å². The van der Waals surface area contributed by atoms with Crippen molar-refractivity contribution in [1.29, 1.82) is 0 Å². The van der Waals surface area contributed by atoms with Crippen LogP contribution in [0.25, 0.3) is 0 Å². The van der Waals surface area contributed by atoms with Crippen molar-refractivity contribution in [3.05, 3.63) is 25.3 Å². The smallest absolute Gasteiger partial charge is 0.179 e. The molecule has 1 N–H and O–H groups in total. The number of hydrogen-bond acceptors (Lipinski definition) is 2. The predicted octanol–water partition coefficient (Wildman–Crippen LogP) is 2.75. The van der Waals surface area contributed by atoms with Crippen LogP contribution in [0.1, 0.15) is 0 Å². The molecule has 0 spiro atoms. The largest absolute Gasteiger partial charge is 0.339 e. The molecule has 1 aromatic rings. The van der Waals surface area contributed by atoms with Gasteiger partial charge in [0.05, 0.1) is 3.57 Å². The Morgan fingerprint density at radius 2 is 2.00 bits per heavy atom. The van der Waals surface area contributed by atoms with Crippen LogP contribution < -0.4 is 4.89 Å². The molecule has 0 unspecified atom stereocenters. The van der Waals surface area contributed by atoms with E-state index in [0.717, 1.165) is 7.14 Å². The number of rotatable bonds is 1. The lowest BCUT2D eigenvalue weighted by Crippen LogP contribution is -1.88. The molecule has 0 aromatic heterocycles. The summed E-state index contributed by atoms with van der Waals surface area (Å²) in [6.07, 6.45) is 0. The van der Waals surface area contributed by atoms with Crippen LogP contribution in [-0.4, -0.2) is 5.26 Å². The molecule has 0 heterocycles. The molecular weight excluding hydrogens is 358 g/mol. The quantitative estimate of drug-likeness (QED) is 0.473. The molecule has 0 bridgehead atoms. The highest BCUT2D eigenvalue weighted by molar-refractivity contribution is 14.1. The lowest BCUT2D eigenvalue weighted by atomic mass is 10.3. The first-order valence-electron chi connectivity index (χ1n) is 2.51. The first kappa shape index (κ1) is 8.54. The summed E-state index contributed by atoms with van der Waals surface area (Å²) in [6, 6.07) is 5.49. The fourth-order valence-corrected chi connectivity index (χ4v) is 1.49. The predicted molar refractivity (Wildman–Crippen MR) is 55.1 cm³/mol. The van der Waals surface area contributed by atoms with E-state index in [2.05, 4.69) is 50.1 Å². The van der Waals surface area contributed by atoms with Crippen LogP contribution in [0.4, 0.5) is 0 Å². The second-order valence-electron chi connectivity index (χ2n) is 1.64. The highest BCUT2D eigenvalue weighted by Gasteiger charge is 2.02. The Balaban J connectivity index is 3.14. The topological polar surface area (TPSA) is 29.5 Å². The molecule has 0 amide bonds. The second kappa shape index (κ2) is 3.72. The fourth-order valence-electron chi connectivity index (χ4n) is 0.555. The lowest BCUT2D eigenvalue weighted by Gasteiger charge is -2.00. The molecule has 4 heteroatoms. The Kier molecular flexibility index (Phi) is 3.18. The van der Waals surface area contributed by atoms with E-state index in [1.54, 1.807) is 6.07 Å². The molecule has 1 rings (SSSR count). The third-order valence-electron chi connectivity index (χ3n) is 1.01. The van der Waals surface area contributed by atoms with Crippen molar-refractivity contribution >= 4 is 45.2 Å². The van der Waals surface area contributed by atoms with Gasteiger partial charge < -0.3 is 4.89 Å². The average Bonchev–Trinajstić information content (AvgIpc) is 1.95. The van der Waals surface area contributed by atoms with Gasteiger partial charge >= 0.3 is 0 Å². The van der Waals surface area contributed by atoms with Gasteiger partial charge in [-0.3, -0.25) is 0 Å². The highest BCUT2D eigenvalue weighted by atomic mass is 127. The Labute approximate surface area is 85.8 Å². The summed E-state index contributed by atoms with van der Waals surface area (Å²) in [5, 5.41) is 8.33. The van der Waals surface area contributed by atoms with Crippen molar-refractivity contribution in [2.45, 2.75) is 0 Å². The van der Waals surface area contributed by atoms with Gasteiger partial charge in [0.25, 0.3) is 0 Å². The van der Waals surface area contributed by atoms with E-state index >= 15 is 0 Å². The summed E-state index contributed by atoms with van der Waals surface area (Å²) in [5.41, 5.74) is 0. The Bertz CT molecular complexity index is 237. The average molecular weight is 362 g/mol. The first-order chi connectivity index (χ1) is 4.75. The van der Waals surface area contributed by atoms with Crippen molar-refractivity contribution in [1.82, 2.24) is 0 Å². The molecule has 2 nitrogen and oxygen atoms in total. The zero-order chi connectivity index (χ0) is 7.56. The van der Waals surface area contributed by atoms with Gasteiger partial charge in [-0.25, -0.2) is 5.26 Å². The van der Waals surface area contributed by atoms with E-state index in [1.807, 2.05) is 12.1 Å². The summed E-state index contributed by atoms with van der Waals surface area (Å²) in [7, 11) is 0. The molecule has 10 heavy (non-hydrogen) atoms. The van der Waals surface area contributed by atoms with Crippen LogP contribution in [0.3, 0.4) is 0 Å². The van der Waals surface area contributed by atoms with E-state index in [1.165, 1.54) is 0 Å². The Morgan fingerprint density at radius 1 is 1.30 bits per heavy atom. The molecule has 54 valence electrons. The van der Waals surface area contributed by atoms with Crippen LogP contribution in [0.15, 0.2) is 18.2 Å². The van der Waals surface area contributed by atoms with Crippen molar-refractivity contribution in [2.24, 2.45) is 0 Å². The van der Waals surface area contributed by atoms with Crippen LogP contribution in [0.5, 0.6) is 5.75 Å². The normalized spacial score (nSPS) is 9.50. The van der Waals surface area contributed by atoms with E-state index < -0.39 is 0 Å². The molecule has 0 aliphatic rings. The summed E-state index contributed by atoms with van der Waals surface area (Å²) in [6.45, 7) is 0. The maximum Gasteiger partial charge on any atom is 0.179 e. The summed E-state index contributed by atoms with van der Waals surface area (Å²) >= 11 is 4.29. The van der Waals surface area contributed by atoms with E-state index in [9.17, 15) is 0 Å². The van der Waals surface area contributed by atoms with Crippen LogP contribution >= 0.6 is 45.2 Å². The van der Waals surface area contributed by atoms with Crippen LogP contribution in [-0.2, 0) is 0 Å². The molecule has 0 saturated heterocycles. The van der Waals surface area contributed by atoms with Crippen LogP contribution in [0.2, 0.25) is 0 Å². The minimum absolute atomic E-state index is 0.507. The van der Waals surface area contributed by atoms with Crippen molar-refractivity contribution in [3.8, 4) is 5.75 Å². The second-order valence-corrected chi connectivity index (χ2v) is 3.88. The third-order valence-corrected chi connectivity index (χ3v) is 4.06. The Morgan fingerprint density at radius 3 is 2.50 bits per heavy atom. The third kappa shape index (κ3) is 1.73. The van der Waals surface area contributed by atoms with Gasteiger partial charge in [-0.1, -0.05) is 6.07 Å². The lowest BCUT2D eigenvalue weighted by molar-refractivity contribution is -0.138. The Hall–Kier alpha value is 0.440. The van der Waals surface area contributed by atoms with Gasteiger partial charge in [0, 0.05) is 3.57 Å². The summed E-state index contributed by atoms with van der Waals surface area (Å²) in [4.78, 5) is 4.11. The molecule has 0 aliphatic heterocycles. The molecule has 0 atom stereocenters. The highest BCUT2D eigenvalue weighted by Crippen LogP contribution is 2.24. The zero-order valence-corrected chi connectivity index (χ0v) is 9.16. The number of benzene rings is 1. The minimum Gasteiger partial charge on any atom is -0.339 e. The SMILES string of the molecule is OOc1cccc(I)c1I. The summed E-state index contributed by atoms with van der Waals surface area (Å²) < 4.78 is 2.01. The number of halogens is 2. The molecular formula is C6H4I2O2. The van der Waals surface area contributed by atoms with Gasteiger partial charge in [-0.05, 0) is 57.3 Å². The maximum absolute atomic E-state index is 8.33. The van der Waals surface area contributed by atoms with Crippen LogP contribution in [0, 0.1) is 7.14 Å². The molecule has 0 aliphatic carbocycles. The molecule has 0 saturated carbocycles. The molecule has 0 fully saturated rings. The number of hydrogen-bond donors (Lipinski definition) is 1.